The summed E-state index contributed by atoms with van der Waals surface area (Å²) in [4.78, 5) is 4.31. The highest BCUT2D eigenvalue weighted by Crippen LogP contribution is 2.33. The van der Waals surface area contributed by atoms with Crippen molar-refractivity contribution in [3.05, 3.63) is 0 Å². The van der Waals surface area contributed by atoms with E-state index in [9.17, 15) is 0 Å². The summed E-state index contributed by atoms with van der Waals surface area (Å²) < 4.78 is 0. The van der Waals surface area contributed by atoms with Crippen molar-refractivity contribution in [3.8, 4) is 0 Å². The van der Waals surface area contributed by atoms with E-state index in [1.54, 1.807) is 0 Å². The Kier molecular flexibility index (Phi) is 1.71. The molecular formula is C8H16N2. The molecule has 0 amide bonds. The second kappa shape index (κ2) is 2.26. The minimum atomic E-state index is 0.194. The van der Waals surface area contributed by atoms with Gasteiger partial charge in [0, 0.05) is 5.41 Å². The quantitative estimate of drug-likeness (QED) is 0.589. The summed E-state index contributed by atoms with van der Waals surface area (Å²) in [5.41, 5.74) is 5.96. The van der Waals surface area contributed by atoms with Crippen LogP contribution in [0, 0.1) is 5.41 Å². The number of rotatable bonds is 1. The monoisotopic (exact) mass is 140 g/mol. The summed E-state index contributed by atoms with van der Waals surface area (Å²) in [5, 5.41) is 0. The average molecular weight is 140 g/mol. The van der Waals surface area contributed by atoms with Crippen LogP contribution in [0.15, 0.2) is 4.99 Å². The third-order valence-corrected chi connectivity index (χ3v) is 2.50. The van der Waals surface area contributed by atoms with E-state index >= 15 is 0 Å². The Hall–Kier alpha value is -0.530. The molecule has 0 aromatic heterocycles. The fourth-order valence-corrected chi connectivity index (χ4v) is 1.52. The number of aliphatic imine (C=N–C) groups is 1. The molecule has 0 saturated heterocycles. The molecule has 1 aliphatic heterocycles. The van der Waals surface area contributed by atoms with Gasteiger partial charge in [0.1, 0.15) is 5.84 Å². The SMILES string of the molecule is CCC1(C)CC(C)N=C1N. The van der Waals surface area contributed by atoms with Gasteiger partial charge in [-0.05, 0) is 19.8 Å². The summed E-state index contributed by atoms with van der Waals surface area (Å²) >= 11 is 0. The minimum absolute atomic E-state index is 0.194. The molecule has 0 radical (unpaired) electrons. The van der Waals surface area contributed by atoms with E-state index in [-0.39, 0.29) is 5.41 Å². The molecule has 2 N–H and O–H groups in total. The smallest absolute Gasteiger partial charge is 0.100 e. The molecule has 0 spiro atoms. The van der Waals surface area contributed by atoms with E-state index in [1.165, 1.54) is 0 Å². The summed E-state index contributed by atoms with van der Waals surface area (Å²) in [6.07, 6.45) is 2.22. The van der Waals surface area contributed by atoms with Gasteiger partial charge in [-0.25, -0.2) is 0 Å². The zero-order valence-corrected chi connectivity index (χ0v) is 7.02. The van der Waals surface area contributed by atoms with Gasteiger partial charge in [0.2, 0.25) is 0 Å². The summed E-state index contributed by atoms with van der Waals surface area (Å²) in [7, 11) is 0. The van der Waals surface area contributed by atoms with Crippen molar-refractivity contribution < 1.29 is 0 Å². The fraction of sp³-hybridized carbons (Fsp3) is 0.875. The summed E-state index contributed by atoms with van der Waals surface area (Å²) in [5.74, 6) is 0.850. The molecule has 2 unspecified atom stereocenters. The maximum Gasteiger partial charge on any atom is 0.100 e. The normalized spacial score (nSPS) is 39.9. The van der Waals surface area contributed by atoms with Gasteiger partial charge in [-0.2, -0.15) is 0 Å². The van der Waals surface area contributed by atoms with Gasteiger partial charge in [-0.3, -0.25) is 4.99 Å². The predicted molar refractivity (Wildman–Crippen MR) is 44.1 cm³/mol. The zero-order valence-electron chi connectivity index (χ0n) is 7.02. The zero-order chi connectivity index (χ0) is 7.78. The lowest BCUT2D eigenvalue weighted by Crippen LogP contribution is -2.30. The van der Waals surface area contributed by atoms with Gasteiger partial charge in [0.25, 0.3) is 0 Å². The van der Waals surface area contributed by atoms with Crippen LogP contribution in [-0.2, 0) is 0 Å². The van der Waals surface area contributed by atoms with Gasteiger partial charge in [0.15, 0.2) is 0 Å². The molecule has 0 bridgehead atoms. The first kappa shape index (κ1) is 7.58. The maximum absolute atomic E-state index is 5.76. The second-order valence-electron chi connectivity index (χ2n) is 3.48. The third-order valence-electron chi connectivity index (χ3n) is 2.50. The van der Waals surface area contributed by atoms with Gasteiger partial charge in [0.05, 0.1) is 6.04 Å². The van der Waals surface area contributed by atoms with Crippen LogP contribution in [0.3, 0.4) is 0 Å². The van der Waals surface area contributed by atoms with Crippen molar-refractivity contribution >= 4 is 5.84 Å². The van der Waals surface area contributed by atoms with Crippen molar-refractivity contribution in [1.82, 2.24) is 0 Å². The lowest BCUT2D eigenvalue weighted by molar-refractivity contribution is 0.414. The minimum Gasteiger partial charge on any atom is -0.387 e. The molecule has 0 saturated carbocycles. The van der Waals surface area contributed by atoms with Crippen molar-refractivity contribution in [2.45, 2.75) is 39.7 Å². The molecule has 0 aliphatic carbocycles. The average Bonchev–Trinajstić information content (AvgIpc) is 2.09. The van der Waals surface area contributed by atoms with Gasteiger partial charge in [-0.1, -0.05) is 13.8 Å². The van der Waals surface area contributed by atoms with Gasteiger partial charge >= 0.3 is 0 Å². The van der Waals surface area contributed by atoms with Crippen LogP contribution in [0.2, 0.25) is 0 Å². The number of hydrogen-bond acceptors (Lipinski definition) is 2. The highest BCUT2D eigenvalue weighted by Gasteiger charge is 2.33. The first-order valence-electron chi connectivity index (χ1n) is 3.92. The van der Waals surface area contributed by atoms with Crippen LogP contribution in [-0.4, -0.2) is 11.9 Å². The van der Waals surface area contributed by atoms with Crippen molar-refractivity contribution in [2.24, 2.45) is 16.1 Å². The number of nitrogens with two attached hydrogens (primary N) is 1. The van der Waals surface area contributed by atoms with Crippen LogP contribution >= 0.6 is 0 Å². The molecular weight excluding hydrogens is 124 g/mol. The van der Waals surface area contributed by atoms with Crippen LogP contribution in [0.25, 0.3) is 0 Å². The van der Waals surface area contributed by atoms with E-state index in [2.05, 4.69) is 25.8 Å². The van der Waals surface area contributed by atoms with Crippen LogP contribution in [0.5, 0.6) is 0 Å². The Morgan fingerprint density at radius 1 is 1.80 bits per heavy atom. The summed E-state index contributed by atoms with van der Waals surface area (Å²) in [6, 6.07) is 0.435. The Morgan fingerprint density at radius 2 is 2.40 bits per heavy atom. The van der Waals surface area contributed by atoms with Crippen LogP contribution in [0.4, 0.5) is 0 Å². The van der Waals surface area contributed by atoms with Gasteiger partial charge in [-0.15, -0.1) is 0 Å². The molecule has 1 rings (SSSR count). The lowest BCUT2D eigenvalue weighted by atomic mass is 9.83. The Labute approximate surface area is 62.5 Å². The van der Waals surface area contributed by atoms with E-state index in [0.29, 0.717) is 6.04 Å². The second-order valence-corrected chi connectivity index (χ2v) is 3.48. The van der Waals surface area contributed by atoms with E-state index in [1.807, 2.05) is 0 Å². The fourth-order valence-electron chi connectivity index (χ4n) is 1.52. The highest BCUT2D eigenvalue weighted by atomic mass is 14.9. The topological polar surface area (TPSA) is 38.4 Å². The Morgan fingerprint density at radius 3 is 2.60 bits per heavy atom. The molecule has 1 aliphatic rings. The van der Waals surface area contributed by atoms with E-state index < -0.39 is 0 Å². The van der Waals surface area contributed by atoms with Gasteiger partial charge < -0.3 is 5.73 Å². The Balaban J connectivity index is 2.76. The largest absolute Gasteiger partial charge is 0.387 e. The standard InChI is InChI=1S/C8H16N2/c1-4-8(3)5-6(2)10-7(8)9/h6H,4-5H2,1-3H3,(H2,9,10). The molecule has 0 fully saturated rings. The predicted octanol–water partition coefficient (Wildman–Crippen LogP) is 1.55. The molecule has 58 valence electrons. The maximum atomic E-state index is 5.76. The molecule has 2 nitrogen and oxygen atoms in total. The molecule has 0 aromatic carbocycles. The third kappa shape index (κ3) is 1.02. The van der Waals surface area contributed by atoms with Crippen LogP contribution in [0.1, 0.15) is 33.6 Å². The first-order chi connectivity index (χ1) is 4.58. The van der Waals surface area contributed by atoms with E-state index in [4.69, 9.17) is 5.73 Å². The van der Waals surface area contributed by atoms with Crippen molar-refractivity contribution in [1.29, 1.82) is 0 Å². The molecule has 10 heavy (non-hydrogen) atoms. The number of amidine groups is 1. The first-order valence-corrected chi connectivity index (χ1v) is 3.92. The van der Waals surface area contributed by atoms with E-state index in [0.717, 1.165) is 18.7 Å². The van der Waals surface area contributed by atoms with Crippen molar-refractivity contribution in [3.63, 3.8) is 0 Å². The Bertz CT molecular complexity index is 163. The van der Waals surface area contributed by atoms with Crippen LogP contribution < -0.4 is 5.73 Å². The molecule has 1 heterocycles. The number of nitrogens with zero attached hydrogens (tertiary/aromatic N) is 1. The summed E-state index contributed by atoms with van der Waals surface area (Å²) in [6.45, 7) is 6.48. The molecule has 0 aromatic rings. The lowest BCUT2D eigenvalue weighted by Gasteiger charge is -2.21. The molecule has 2 atom stereocenters. The highest BCUT2D eigenvalue weighted by molar-refractivity contribution is 5.87. The van der Waals surface area contributed by atoms with Crippen molar-refractivity contribution in [2.75, 3.05) is 0 Å². The number of hydrogen-bond donors (Lipinski definition) is 1. The molecule has 2 heteroatoms.